The predicted octanol–water partition coefficient (Wildman–Crippen LogP) is 3.77. The molecule has 3 rings (SSSR count). The first-order valence-electron chi connectivity index (χ1n) is 8.97. The summed E-state index contributed by atoms with van der Waals surface area (Å²) in [5.74, 6) is -0.880. The highest BCUT2D eigenvalue weighted by molar-refractivity contribution is 9.10. The summed E-state index contributed by atoms with van der Waals surface area (Å²) in [6, 6.07) is 1.85. The zero-order valence-electron chi connectivity index (χ0n) is 14.9. The van der Waals surface area contributed by atoms with Gasteiger partial charge in [0.25, 0.3) is 0 Å². The van der Waals surface area contributed by atoms with E-state index in [0.717, 1.165) is 18.9 Å². The summed E-state index contributed by atoms with van der Waals surface area (Å²) in [5, 5.41) is 6.10. The summed E-state index contributed by atoms with van der Waals surface area (Å²) in [4.78, 5) is 20.8. The van der Waals surface area contributed by atoms with Gasteiger partial charge in [-0.2, -0.15) is 0 Å². The van der Waals surface area contributed by atoms with Crippen molar-refractivity contribution >= 4 is 27.7 Å². The molecule has 0 radical (unpaired) electrons. The maximum absolute atomic E-state index is 14.1. The van der Waals surface area contributed by atoms with Crippen molar-refractivity contribution in [2.45, 2.75) is 51.1 Å². The molecule has 0 fully saturated rings. The second-order valence-corrected chi connectivity index (χ2v) is 7.50. The van der Waals surface area contributed by atoms with Gasteiger partial charge in [0.2, 0.25) is 5.91 Å². The van der Waals surface area contributed by atoms with Crippen molar-refractivity contribution < 1.29 is 13.6 Å². The van der Waals surface area contributed by atoms with Gasteiger partial charge in [0.05, 0.1) is 18.4 Å². The number of anilines is 1. The van der Waals surface area contributed by atoms with Crippen LogP contribution in [0.2, 0.25) is 0 Å². The summed E-state index contributed by atoms with van der Waals surface area (Å²) in [5.41, 5.74) is 1.25. The van der Waals surface area contributed by atoms with Gasteiger partial charge in [-0.1, -0.05) is 13.3 Å². The number of carbonyl (C=O) groups excluding carboxylic acids is 1. The summed E-state index contributed by atoms with van der Waals surface area (Å²) in [6.07, 6.45) is 6.20. The van der Waals surface area contributed by atoms with Crippen LogP contribution >= 0.6 is 15.9 Å². The number of fused-ring (bicyclic) bond motifs is 1. The third kappa shape index (κ3) is 5.07. The molecule has 1 heterocycles. The van der Waals surface area contributed by atoms with Crippen molar-refractivity contribution in [3.8, 4) is 0 Å². The number of amides is 1. The molecule has 0 spiro atoms. The molecule has 27 heavy (non-hydrogen) atoms. The van der Waals surface area contributed by atoms with Gasteiger partial charge in [-0.3, -0.25) is 4.79 Å². The molecule has 8 heteroatoms. The van der Waals surface area contributed by atoms with Crippen LogP contribution < -0.4 is 10.6 Å². The Hall–Kier alpha value is -1.93. The molecule has 1 amide bonds. The first-order valence-corrected chi connectivity index (χ1v) is 9.76. The maximum Gasteiger partial charge on any atom is 0.242 e. The molecule has 0 saturated carbocycles. The van der Waals surface area contributed by atoms with E-state index in [1.807, 2.05) is 6.92 Å². The second-order valence-electron chi connectivity index (χ2n) is 6.69. The van der Waals surface area contributed by atoms with E-state index in [4.69, 9.17) is 0 Å². The molecule has 2 aromatic rings. The molecular formula is C19H21BrF2N4O. The average Bonchev–Trinajstić information content (AvgIpc) is 2.63. The van der Waals surface area contributed by atoms with Gasteiger partial charge < -0.3 is 10.6 Å². The Bertz CT molecular complexity index is 816. The summed E-state index contributed by atoms with van der Waals surface area (Å²) in [6.45, 7) is 2.00. The van der Waals surface area contributed by atoms with E-state index in [2.05, 4.69) is 36.5 Å². The highest BCUT2D eigenvalue weighted by atomic mass is 79.9. The molecule has 2 atom stereocenters. The van der Waals surface area contributed by atoms with E-state index in [-0.39, 0.29) is 11.9 Å². The minimum absolute atomic E-state index is 0.0456. The van der Waals surface area contributed by atoms with Crippen LogP contribution in [-0.2, 0) is 17.6 Å². The number of aryl methyl sites for hydroxylation is 1. The lowest BCUT2D eigenvalue weighted by Gasteiger charge is -2.29. The van der Waals surface area contributed by atoms with Gasteiger partial charge in [-0.15, -0.1) is 0 Å². The second kappa shape index (κ2) is 8.84. The van der Waals surface area contributed by atoms with Crippen LogP contribution in [0.4, 0.5) is 14.6 Å². The van der Waals surface area contributed by atoms with E-state index in [0.29, 0.717) is 40.8 Å². The SMILES string of the molecule is CCCC(NC1CCc2cc(F)cc(F)c2C1)C(=O)Nc1cnc(Br)cn1. The van der Waals surface area contributed by atoms with E-state index >= 15 is 0 Å². The Balaban J connectivity index is 1.67. The van der Waals surface area contributed by atoms with Crippen molar-refractivity contribution in [2.75, 3.05) is 5.32 Å². The zero-order chi connectivity index (χ0) is 19.4. The number of nitrogens with one attached hydrogen (secondary N) is 2. The standard InChI is InChI=1S/C19H21BrF2N4O/c1-2-3-16(19(27)26-18-10-23-17(20)9-24-18)25-13-5-4-11-6-12(21)7-15(22)14(11)8-13/h6-7,9-10,13,16,25H,2-5,8H2,1H3,(H,24,26,27). The minimum Gasteiger partial charge on any atom is -0.308 e. The van der Waals surface area contributed by atoms with Gasteiger partial charge in [-0.05, 0) is 58.8 Å². The molecule has 2 unspecified atom stereocenters. The fourth-order valence-corrected chi connectivity index (χ4v) is 3.59. The van der Waals surface area contributed by atoms with E-state index in [1.165, 1.54) is 18.5 Å². The number of hydrogen-bond acceptors (Lipinski definition) is 4. The molecule has 0 aliphatic heterocycles. The molecule has 1 aliphatic carbocycles. The van der Waals surface area contributed by atoms with Crippen LogP contribution in [0, 0.1) is 11.6 Å². The summed E-state index contributed by atoms with van der Waals surface area (Å²) < 4.78 is 28.1. The van der Waals surface area contributed by atoms with Gasteiger partial charge in [0.1, 0.15) is 16.2 Å². The normalized spacial score (nSPS) is 17.3. The van der Waals surface area contributed by atoms with Crippen molar-refractivity contribution in [3.05, 3.63) is 51.9 Å². The van der Waals surface area contributed by atoms with Crippen LogP contribution in [0.1, 0.15) is 37.3 Å². The molecular weight excluding hydrogens is 418 g/mol. The molecule has 5 nitrogen and oxygen atoms in total. The average molecular weight is 439 g/mol. The largest absolute Gasteiger partial charge is 0.308 e. The number of nitrogens with zero attached hydrogens (tertiary/aromatic N) is 2. The predicted molar refractivity (Wildman–Crippen MR) is 102 cm³/mol. The van der Waals surface area contributed by atoms with E-state index < -0.39 is 17.7 Å². The number of rotatable bonds is 6. The Morgan fingerprint density at radius 3 is 2.85 bits per heavy atom. The number of hydrogen-bond donors (Lipinski definition) is 2. The van der Waals surface area contributed by atoms with Crippen LogP contribution in [0.3, 0.4) is 0 Å². The maximum atomic E-state index is 14.1. The third-order valence-corrected chi connectivity index (χ3v) is 5.08. The Labute approximate surface area is 165 Å². The molecule has 1 aliphatic rings. The fourth-order valence-electron chi connectivity index (χ4n) is 3.38. The monoisotopic (exact) mass is 438 g/mol. The summed E-state index contributed by atoms with van der Waals surface area (Å²) >= 11 is 3.20. The van der Waals surface area contributed by atoms with Gasteiger partial charge >= 0.3 is 0 Å². The Morgan fingerprint density at radius 1 is 1.33 bits per heavy atom. The molecule has 144 valence electrons. The van der Waals surface area contributed by atoms with Crippen LogP contribution in [-0.4, -0.2) is 28.0 Å². The third-order valence-electron chi connectivity index (χ3n) is 4.67. The lowest BCUT2D eigenvalue weighted by atomic mass is 9.87. The lowest BCUT2D eigenvalue weighted by molar-refractivity contribution is -0.118. The Morgan fingerprint density at radius 2 is 2.15 bits per heavy atom. The lowest BCUT2D eigenvalue weighted by Crippen LogP contribution is -2.48. The minimum atomic E-state index is -0.545. The smallest absolute Gasteiger partial charge is 0.242 e. The van der Waals surface area contributed by atoms with Crippen molar-refractivity contribution in [1.82, 2.24) is 15.3 Å². The first kappa shape index (κ1) is 19.8. The first-order chi connectivity index (χ1) is 13.0. The van der Waals surface area contributed by atoms with Crippen molar-refractivity contribution in [2.24, 2.45) is 0 Å². The number of halogens is 3. The summed E-state index contributed by atoms with van der Waals surface area (Å²) in [7, 11) is 0. The zero-order valence-corrected chi connectivity index (χ0v) is 16.5. The Kier molecular flexibility index (Phi) is 6.49. The van der Waals surface area contributed by atoms with E-state index in [9.17, 15) is 13.6 Å². The topological polar surface area (TPSA) is 66.9 Å². The van der Waals surface area contributed by atoms with Crippen LogP contribution in [0.5, 0.6) is 0 Å². The van der Waals surface area contributed by atoms with Crippen molar-refractivity contribution in [1.29, 1.82) is 0 Å². The molecule has 0 saturated heterocycles. The van der Waals surface area contributed by atoms with E-state index in [1.54, 1.807) is 0 Å². The molecule has 2 N–H and O–H groups in total. The fraction of sp³-hybridized carbons (Fsp3) is 0.421. The van der Waals surface area contributed by atoms with Crippen LogP contribution in [0.15, 0.2) is 29.1 Å². The molecule has 1 aromatic heterocycles. The highest BCUT2D eigenvalue weighted by Gasteiger charge is 2.27. The number of benzene rings is 1. The molecule has 0 bridgehead atoms. The quantitative estimate of drug-likeness (QED) is 0.720. The number of carbonyl (C=O) groups is 1. The van der Waals surface area contributed by atoms with Crippen LogP contribution in [0.25, 0.3) is 0 Å². The van der Waals surface area contributed by atoms with Gasteiger partial charge in [0.15, 0.2) is 5.82 Å². The van der Waals surface area contributed by atoms with Gasteiger partial charge in [0, 0.05) is 12.1 Å². The number of aromatic nitrogens is 2. The molecule has 1 aromatic carbocycles. The van der Waals surface area contributed by atoms with Gasteiger partial charge in [-0.25, -0.2) is 18.7 Å². The highest BCUT2D eigenvalue weighted by Crippen LogP contribution is 2.25. The van der Waals surface area contributed by atoms with Crippen molar-refractivity contribution in [3.63, 3.8) is 0 Å².